The number of ether oxygens (including phenoxy) is 2. The van der Waals surface area contributed by atoms with E-state index in [1.165, 1.54) is 13.5 Å². The maximum atomic E-state index is 12.0. The van der Waals surface area contributed by atoms with Gasteiger partial charge in [-0.3, -0.25) is 4.79 Å². The molecule has 7 heteroatoms. The predicted molar refractivity (Wildman–Crippen MR) is 116 cm³/mol. The second-order valence-corrected chi connectivity index (χ2v) is 9.71. The van der Waals surface area contributed by atoms with E-state index in [2.05, 4.69) is 46.5 Å². The van der Waals surface area contributed by atoms with E-state index in [-0.39, 0.29) is 30.2 Å². The Labute approximate surface area is 181 Å². The highest BCUT2D eigenvalue weighted by Gasteiger charge is 2.45. The number of carbonyl (C=O) groups excluding carboxylic acids is 1. The normalized spacial score (nSPS) is 21.8. The quantitative estimate of drug-likeness (QED) is 0.517. The van der Waals surface area contributed by atoms with Gasteiger partial charge in [-0.05, 0) is 49.8 Å². The molecular weight excluding hydrogens is 436 g/mol. The summed E-state index contributed by atoms with van der Waals surface area (Å²) in [4.78, 5) is 12.0. The number of hydrogen-bond acceptors (Lipinski definition) is 5. The summed E-state index contributed by atoms with van der Waals surface area (Å²) in [7, 11) is 1.49. The van der Waals surface area contributed by atoms with Crippen LogP contribution in [0.2, 0.25) is 0 Å². The van der Waals surface area contributed by atoms with Gasteiger partial charge in [-0.15, -0.1) is 0 Å². The smallest absolute Gasteiger partial charge is 0.246 e. The van der Waals surface area contributed by atoms with Gasteiger partial charge in [-0.25, -0.2) is 0 Å². The van der Waals surface area contributed by atoms with Crippen LogP contribution in [0.4, 0.5) is 0 Å². The first-order valence-electron chi connectivity index (χ1n) is 10.5. The molecule has 1 spiro atoms. The largest absolute Gasteiger partial charge is 0.487 e. The number of fused-ring (bicyclic) bond motifs is 1. The van der Waals surface area contributed by atoms with Crippen molar-refractivity contribution in [2.45, 2.75) is 69.7 Å². The van der Waals surface area contributed by atoms with Crippen molar-refractivity contribution >= 4 is 21.8 Å². The van der Waals surface area contributed by atoms with Gasteiger partial charge >= 0.3 is 0 Å². The molecule has 29 heavy (non-hydrogen) atoms. The van der Waals surface area contributed by atoms with Crippen LogP contribution in [0.25, 0.3) is 0 Å². The molecule has 0 bridgehead atoms. The summed E-state index contributed by atoms with van der Waals surface area (Å²) >= 11 is 3.56. The van der Waals surface area contributed by atoms with E-state index >= 15 is 0 Å². The molecule has 3 rings (SSSR count). The summed E-state index contributed by atoms with van der Waals surface area (Å²) < 4.78 is 12.3. The van der Waals surface area contributed by atoms with E-state index < -0.39 is 6.10 Å². The molecule has 1 heterocycles. The summed E-state index contributed by atoms with van der Waals surface area (Å²) in [5, 5.41) is 17.3. The molecule has 0 saturated heterocycles. The number of amides is 1. The Morgan fingerprint density at radius 2 is 2.17 bits per heavy atom. The average molecular weight is 469 g/mol. The second-order valence-electron chi connectivity index (χ2n) is 8.79. The lowest BCUT2D eigenvalue weighted by Gasteiger charge is -2.48. The summed E-state index contributed by atoms with van der Waals surface area (Å²) in [6, 6.07) is 5.92. The van der Waals surface area contributed by atoms with Gasteiger partial charge in [-0.1, -0.05) is 29.8 Å². The number of benzene rings is 1. The Morgan fingerprint density at radius 3 is 2.79 bits per heavy atom. The van der Waals surface area contributed by atoms with Crippen molar-refractivity contribution in [3.63, 3.8) is 0 Å². The zero-order valence-electron chi connectivity index (χ0n) is 17.5. The molecule has 0 unspecified atom stereocenters. The Kier molecular flexibility index (Phi) is 7.59. The van der Waals surface area contributed by atoms with Crippen molar-refractivity contribution in [2.24, 2.45) is 5.92 Å². The molecule has 162 valence electrons. The third kappa shape index (κ3) is 5.72. The zero-order valence-corrected chi connectivity index (χ0v) is 19.1. The molecular formula is C22H33BrN2O4. The van der Waals surface area contributed by atoms with Gasteiger partial charge in [0.1, 0.15) is 18.0 Å². The molecule has 1 fully saturated rings. The molecule has 0 radical (unpaired) electrons. The molecule has 2 aliphatic rings. The van der Waals surface area contributed by atoms with E-state index in [1.54, 1.807) is 0 Å². The number of rotatable bonds is 9. The van der Waals surface area contributed by atoms with Crippen LogP contribution >= 0.6 is 15.9 Å². The molecule has 3 N–H and O–H groups in total. The predicted octanol–water partition coefficient (Wildman–Crippen LogP) is 3.32. The third-order valence-electron chi connectivity index (χ3n) is 5.90. The summed E-state index contributed by atoms with van der Waals surface area (Å²) in [5.41, 5.74) is 1.04. The van der Waals surface area contributed by atoms with Crippen molar-refractivity contribution in [2.75, 3.05) is 20.3 Å². The molecule has 1 aromatic carbocycles. The van der Waals surface area contributed by atoms with Crippen LogP contribution in [0.1, 0.15) is 57.6 Å². The zero-order chi connectivity index (χ0) is 21.0. The van der Waals surface area contributed by atoms with Crippen molar-refractivity contribution in [3.8, 4) is 5.75 Å². The molecule has 0 aromatic heterocycles. The minimum atomic E-state index is -0.686. The van der Waals surface area contributed by atoms with Crippen molar-refractivity contribution < 1.29 is 19.4 Å². The standard InChI is InChI=1S/C22H33BrN2O4/c1-14(2)9-17(25-21(27)13-28-3)19(26)12-24-18-11-22(7-4-8-22)29-20-6-5-15(23)10-16(18)20/h5-6,10,14,17-19,24,26H,4,7-9,11-13H2,1-3H3,(H,25,27)/t17-,18-,19+/m0/s1. The van der Waals surface area contributed by atoms with Crippen LogP contribution in [-0.2, 0) is 9.53 Å². The molecule has 3 atom stereocenters. The first-order valence-corrected chi connectivity index (χ1v) is 11.3. The van der Waals surface area contributed by atoms with Crippen LogP contribution in [0.3, 0.4) is 0 Å². The highest BCUT2D eigenvalue weighted by molar-refractivity contribution is 9.10. The molecule has 1 aromatic rings. The van der Waals surface area contributed by atoms with Gasteiger partial charge in [0.25, 0.3) is 0 Å². The van der Waals surface area contributed by atoms with Gasteiger partial charge in [0, 0.05) is 36.2 Å². The van der Waals surface area contributed by atoms with Gasteiger partial charge in [-0.2, -0.15) is 0 Å². The fraction of sp³-hybridized carbons (Fsp3) is 0.682. The van der Waals surface area contributed by atoms with E-state index in [0.717, 1.165) is 35.0 Å². The molecule has 1 saturated carbocycles. The van der Waals surface area contributed by atoms with E-state index in [4.69, 9.17) is 9.47 Å². The topological polar surface area (TPSA) is 79.8 Å². The second kappa shape index (κ2) is 9.77. The maximum Gasteiger partial charge on any atom is 0.246 e. The number of aliphatic hydroxyl groups is 1. The maximum absolute atomic E-state index is 12.0. The fourth-order valence-electron chi connectivity index (χ4n) is 4.31. The highest BCUT2D eigenvalue weighted by atomic mass is 79.9. The number of aliphatic hydroxyl groups excluding tert-OH is 1. The molecule has 1 amide bonds. The lowest BCUT2D eigenvalue weighted by atomic mass is 9.73. The van der Waals surface area contributed by atoms with Crippen LogP contribution < -0.4 is 15.4 Å². The number of nitrogens with one attached hydrogen (secondary N) is 2. The fourth-order valence-corrected chi connectivity index (χ4v) is 4.68. The molecule has 1 aliphatic carbocycles. The number of hydrogen-bond donors (Lipinski definition) is 3. The van der Waals surface area contributed by atoms with Crippen LogP contribution in [0.5, 0.6) is 5.75 Å². The van der Waals surface area contributed by atoms with Crippen LogP contribution in [0.15, 0.2) is 22.7 Å². The monoisotopic (exact) mass is 468 g/mol. The first-order chi connectivity index (χ1) is 13.8. The Hall–Kier alpha value is -1.15. The Bertz CT molecular complexity index is 708. The average Bonchev–Trinajstić information content (AvgIpc) is 2.63. The SMILES string of the molecule is COCC(=O)N[C@@H](CC(C)C)[C@H](O)CN[C@H]1CC2(CCC2)Oc2ccc(Br)cc21. The van der Waals surface area contributed by atoms with Crippen LogP contribution in [0, 0.1) is 5.92 Å². The Balaban J connectivity index is 1.67. The van der Waals surface area contributed by atoms with E-state index in [1.807, 2.05) is 12.1 Å². The third-order valence-corrected chi connectivity index (χ3v) is 6.39. The van der Waals surface area contributed by atoms with Crippen molar-refractivity contribution in [1.29, 1.82) is 0 Å². The summed E-state index contributed by atoms with van der Waals surface area (Å²) in [5.74, 6) is 1.08. The van der Waals surface area contributed by atoms with Crippen molar-refractivity contribution in [1.82, 2.24) is 10.6 Å². The minimum absolute atomic E-state index is 0.00136. The van der Waals surface area contributed by atoms with Gasteiger partial charge in [0.05, 0.1) is 12.1 Å². The van der Waals surface area contributed by atoms with E-state index in [9.17, 15) is 9.90 Å². The minimum Gasteiger partial charge on any atom is -0.487 e. The number of halogens is 1. The van der Waals surface area contributed by atoms with Gasteiger partial charge < -0.3 is 25.2 Å². The lowest BCUT2D eigenvalue weighted by molar-refractivity contribution is -0.126. The van der Waals surface area contributed by atoms with Gasteiger partial charge in [0.15, 0.2) is 0 Å². The molecule has 6 nitrogen and oxygen atoms in total. The first kappa shape index (κ1) is 22.5. The summed E-state index contributed by atoms with van der Waals surface area (Å²) in [6.45, 7) is 4.57. The number of methoxy groups -OCH3 is 1. The summed E-state index contributed by atoms with van der Waals surface area (Å²) in [6.07, 6.45) is 4.27. The number of carbonyl (C=O) groups is 1. The molecule has 1 aliphatic heterocycles. The van der Waals surface area contributed by atoms with Crippen LogP contribution in [-0.4, -0.2) is 49.0 Å². The van der Waals surface area contributed by atoms with E-state index in [0.29, 0.717) is 18.9 Å². The lowest BCUT2D eigenvalue weighted by Crippen LogP contribution is -2.52. The Morgan fingerprint density at radius 1 is 1.41 bits per heavy atom. The van der Waals surface area contributed by atoms with Gasteiger partial charge in [0.2, 0.25) is 5.91 Å². The van der Waals surface area contributed by atoms with Crippen molar-refractivity contribution in [3.05, 3.63) is 28.2 Å². The highest BCUT2D eigenvalue weighted by Crippen LogP contribution is 2.49.